The van der Waals surface area contributed by atoms with Crippen LogP contribution in [-0.2, 0) is 17.8 Å². The average molecular weight is 295 g/mol. The molecule has 0 aromatic carbocycles. The van der Waals surface area contributed by atoms with E-state index >= 15 is 0 Å². The zero-order chi connectivity index (χ0) is 12.3. The van der Waals surface area contributed by atoms with E-state index in [9.17, 15) is 13.6 Å². The first-order valence-corrected chi connectivity index (χ1v) is 5.13. The van der Waals surface area contributed by atoms with Crippen molar-refractivity contribution in [1.82, 2.24) is 4.98 Å². The van der Waals surface area contributed by atoms with Crippen LogP contribution < -0.4 is 5.73 Å². The highest BCUT2D eigenvalue weighted by molar-refractivity contribution is 9.10. The van der Waals surface area contributed by atoms with E-state index in [1.54, 1.807) is 0 Å². The molecule has 16 heavy (non-hydrogen) atoms. The van der Waals surface area contributed by atoms with Gasteiger partial charge in [-0.2, -0.15) is 0 Å². The van der Waals surface area contributed by atoms with Gasteiger partial charge in [-0.05, 0) is 27.6 Å². The number of aromatic nitrogens is 1. The molecule has 0 radical (unpaired) electrons. The zero-order valence-electron chi connectivity index (χ0n) is 8.08. The molecule has 1 heterocycles. The van der Waals surface area contributed by atoms with Crippen molar-refractivity contribution in [3.63, 3.8) is 0 Å². The van der Waals surface area contributed by atoms with Crippen LogP contribution in [0.2, 0.25) is 0 Å². The van der Waals surface area contributed by atoms with Gasteiger partial charge in [0.25, 0.3) is 6.43 Å². The number of rotatable bonds is 4. The summed E-state index contributed by atoms with van der Waals surface area (Å²) in [6, 6.07) is 1.41. The Kier molecular flexibility index (Phi) is 4.31. The number of hydrogen-bond acceptors (Lipinski definition) is 3. The molecule has 0 amide bonds. The summed E-state index contributed by atoms with van der Waals surface area (Å²) >= 11 is 2.97. The molecule has 0 unspecified atom stereocenters. The van der Waals surface area contributed by atoms with Crippen LogP contribution in [0.3, 0.4) is 0 Å². The number of carboxylic acids is 1. The maximum Gasteiger partial charge on any atom is 0.309 e. The Morgan fingerprint density at radius 2 is 2.25 bits per heavy atom. The monoisotopic (exact) mass is 294 g/mol. The smallest absolute Gasteiger partial charge is 0.309 e. The molecule has 0 aliphatic rings. The van der Waals surface area contributed by atoms with Crippen LogP contribution >= 0.6 is 15.9 Å². The van der Waals surface area contributed by atoms with Crippen LogP contribution in [0.25, 0.3) is 0 Å². The molecule has 0 saturated heterocycles. The number of pyridine rings is 1. The summed E-state index contributed by atoms with van der Waals surface area (Å²) in [5.41, 5.74) is 5.39. The summed E-state index contributed by atoms with van der Waals surface area (Å²) in [5.74, 6) is -1.13. The Labute approximate surface area is 98.6 Å². The molecule has 4 nitrogen and oxygen atoms in total. The molecule has 0 fully saturated rings. The number of hydrogen-bond donors (Lipinski definition) is 2. The zero-order valence-corrected chi connectivity index (χ0v) is 9.67. The van der Waals surface area contributed by atoms with Crippen LogP contribution in [0.4, 0.5) is 8.78 Å². The second kappa shape index (κ2) is 5.31. The van der Waals surface area contributed by atoms with Gasteiger partial charge >= 0.3 is 5.97 Å². The Hall–Kier alpha value is -1.08. The molecule has 1 aromatic heterocycles. The van der Waals surface area contributed by atoms with Gasteiger partial charge in [-0.25, -0.2) is 8.78 Å². The van der Waals surface area contributed by atoms with E-state index in [1.165, 1.54) is 6.07 Å². The first kappa shape index (κ1) is 13.0. The van der Waals surface area contributed by atoms with Crippen molar-refractivity contribution in [2.24, 2.45) is 5.73 Å². The van der Waals surface area contributed by atoms with Gasteiger partial charge in [0.1, 0.15) is 5.69 Å². The average Bonchev–Trinajstić information content (AvgIpc) is 2.19. The third-order valence-electron chi connectivity index (χ3n) is 1.87. The molecule has 1 rings (SSSR count). The number of nitrogens with two attached hydrogens (primary N) is 1. The second-order valence-corrected chi connectivity index (χ2v) is 3.84. The van der Waals surface area contributed by atoms with Crippen LogP contribution in [0, 0.1) is 0 Å². The van der Waals surface area contributed by atoms with Gasteiger partial charge in [0, 0.05) is 11.0 Å². The molecule has 88 valence electrons. The third kappa shape index (κ3) is 2.96. The summed E-state index contributed by atoms with van der Waals surface area (Å²) in [4.78, 5) is 14.1. The van der Waals surface area contributed by atoms with Crippen molar-refractivity contribution in [1.29, 1.82) is 0 Å². The van der Waals surface area contributed by atoms with Crippen molar-refractivity contribution in [3.05, 3.63) is 27.5 Å². The van der Waals surface area contributed by atoms with E-state index in [0.717, 1.165) is 0 Å². The summed E-state index contributed by atoms with van der Waals surface area (Å²) in [7, 11) is 0. The number of nitrogens with zero attached hydrogens (tertiary/aromatic N) is 1. The molecule has 0 saturated carbocycles. The molecule has 0 aliphatic carbocycles. The fourth-order valence-corrected chi connectivity index (χ4v) is 1.74. The van der Waals surface area contributed by atoms with Crippen molar-refractivity contribution in [2.75, 3.05) is 0 Å². The highest BCUT2D eigenvalue weighted by Crippen LogP contribution is 2.29. The summed E-state index contributed by atoms with van der Waals surface area (Å²) < 4.78 is 25.3. The molecule has 0 atom stereocenters. The van der Waals surface area contributed by atoms with Gasteiger partial charge in [-0.1, -0.05) is 0 Å². The van der Waals surface area contributed by atoms with E-state index in [2.05, 4.69) is 20.9 Å². The van der Waals surface area contributed by atoms with Gasteiger partial charge in [0.15, 0.2) is 0 Å². The first-order valence-electron chi connectivity index (χ1n) is 4.34. The van der Waals surface area contributed by atoms with Crippen LogP contribution in [0.1, 0.15) is 23.4 Å². The number of carbonyl (C=O) groups is 1. The Morgan fingerprint density at radius 1 is 1.62 bits per heavy atom. The fraction of sp³-hybridized carbons (Fsp3) is 0.333. The maximum atomic E-state index is 12.6. The first-order chi connectivity index (χ1) is 7.45. The second-order valence-electron chi connectivity index (χ2n) is 3.05. The van der Waals surface area contributed by atoms with Gasteiger partial charge in [0.2, 0.25) is 0 Å². The largest absolute Gasteiger partial charge is 0.481 e. The minimum absolute atomic E-state index is 0.0371. The third-order valence-corrected chi connectivity index (χ3v) is 2.79. The van der Waals surface area contributed by atoms with E-state index in [4.69, 9.17) is 10.8 Å². The van der Waals surface area contributed by atoms with Crippen LogP contribution in [0.5, 0.6) is 0 Å². The predicted octanol–water partition coefficient (Wildman–Crippen LogP) is 1.87. The quantitative estimate of drug-likeness (QED) is 0.889. The number of carboxylic acid groups (broad SMARTS) is 1. The highest BCUT2D eigenvalue weighted by atomic mass is 79.9. The molecule has 0 spiro atoms. The number of halogens is 3. The maximum absolute atomic E-state index is 12.6. The minimum Gasteiger partial charge on any atom is -0.481 e. The lowest BCUT2D eigenvalue weighted by Crippen LogP contribution is -2.09. The summed E-state index contributed by atoms with van der Waals surface area (Å²) in [6.45, 7) is 0.0371. The van der Waals surface area contributed by atoms with Gasteiger partial charge < -0.3 is 10.8 Å². The van der Waals surface area contributed by atoms with E-state index in [0.29, 0.717) is 5.56 Å². The van der Waals surface area contributed by atoms with Crippen molar-refractivity contribution in [2.45, 2.75) is 19.4 Å². The summed E-state index contributed by atoms with van der Waals surface area (Å²) in [5, 5.41) is 8.56. The highest BCUT2D eigenvalue weighted by Gasteiger charge is 2.18. The predicted molar refractivity (Wildman–Crippen MR) is 56.1 cm³/mol. The standard InChI is InChI=1S/C9H9BrF2N2O2/c10-7-4(3-13)1-5(2-6(15)16)14-8(7)9(11)12/h1,9H,2-3,13H2,(H,15,16). The Balaban J connectivity index is 3.22. The van der Waals surface area contributed by atoms with Gasteiger partial charge in [-0.3, -0.25) is 9.78 Å². The van der Waals surface area contributed by atoms with Crippen molar-refractivity contribution in [3.8, 4) is 0 Å². The lowest BCUT2D eigenvalue weighted by atomic mass is 10.1. The van der Waals surface area contributed by atoms with Crippen LogP contribution in [0.15, 0.2) is 10.5 Å². The topological polar surface area (TPSA) is 76.2 Å². The molecule has 1 aromatic rings. The van der Waals surface area contributed by atoms with Gasteiger partial charge in [0.05, 0.1) is 12.1 Å². The molecule has 0 bridgehead atoms. The van der Waals surface area contributed by atoms with E-state index < -0.39 is 24.5 Å². The normalized spacial score (nSPS) is 10.8. The fourth-order valence-electron chi connectivity index (χ4n) is 1.20. The number of aliphatic carboxylic acids is 1. The van der Waals surface area contributed by atoms with E-state index in [1.807, 2.05) is 0 Å². The Bertz CT molecular complexity index is 413. The lowest BCUT2D eigenvalue weighted by molar-refractivity contribution is -0.136. The summed E-state index contributed by atoms with van der Waals surface area (Å²) in [6.07, 6.45) is -3.17. The molecular weight excluding hydrogens is 286 g/mol. The number of alkyl halides is 2. The van der Waals surface area contributed by atoms with Crippen LogP contribution in [-0.4, -0.2) is 16.1 Å². The van der Waals surface area contributed by atoms with E-state index in [-0.39, 0.29) is 16.7 Å². The Morgan fingerprint density at radius 3 is 2.69 bits per heavy atom. The van der Waals surface area contributed by atoms with Gasteiger partial charge in [-0.15, -0.1) is 0 Å². The van der Waals surface area contributed by atoms with Crippen molar-refractivity contribution >= 4 is 21.9 Å². The molecule has 3 N–H and O–H groups in total. The molecular formula is C9H9BrF2N2O2. The molecule has 7 heteroatoms. The molecule has 0 aliphatic heterocycles. The minimum atomic E-state index is -2.77. The lowest BCUT2D eigenvalue weighted by Gasteiger charge is -2.09. The SMILES string of the molecule is NCc1cc(CC(=O)O)nc(C(F)F)c1Br. The van der Waals surface area contributed by atoms with Crippen molar-refractivity contribution < 1.29 is 18.7 Å².